The van der Waals surface area contributed by atoms with Crippen LogP contribution in [0.25, 0.3) is 0 Å². The number of benzene rings is 1. The number of aryl methyl sites for hydroxylation is 1. The molecule has 2 aromatic rings. The molecular weight excluding hydrogens is 291 g/mol. The van der Waals surface area contributed by atoms with E-state index < -0.39 is 5.97 Å². The molecule has 0 unspecified atom stereocenters. The number of rotatable bonds is 3. The van der Waals surface area contributed by atoms with E-state index in [1.165, 1.54) is 17.9 Å². The fourth-order valence-electron chi connectivity index (χ4n) is 1.56. The van der Waals surface area contributed by atoms with E-state index in [9.17, 15) is 4.79 Å². The Morgan fingerprint density at radius 1 is 1.42 bits per heavy atom. The number of ether oxygens (including phenoxy) is 1. The Hall–Kier alpha value is -1.66. The largest absolute Gasteiger partial charge is 0.465 e. The number of aromatic nitrogens is 4. The first-order chi connectivity index (χ1) is 9.04. The van der Waals surface area contributed by atoms with Gasteiger partial charge in [-0.05, 0) is 29.5 Å². The molecule has 0 saturated heterocycles. The van der Waals surface area contributed by atoms with Crippen molar-refractivity contribution in [1.29, 1.82) is 0 Å². The normalized spacial score (nSPS) is 10.5. The molecule has 100 valence electrons. The molecule has 0 aliphatic heterocycles. The molecule has 0 bridgehead atoms. The summed E-state index contributed by atoms with van der Waals surface area (Å²) in [5, 5.41) is 11.8. The van der Waals surface area contributed by atoms with E-state index in [4.69, 9.17) is 23.2 Å². The minimum Gasteiger partial charge on any atom is -0.465 e. The van der Waals surface area contributed by atoms with Gasteiger partial charge < -0.3 is 4.74 Å². The van der Waals surface area contributed by atoms with Crippen LogP contribution in [-0.2, 0) is 11.3 Å². The summed E-state index contributed by atoms with van der Waals surface area (Å²) in [5.74, 6) is 0.104. The summed E-state index contributed by atoms with van der Waals surface area (Å²) in [6.45, 7) is 2.04. The van der Waals surface area contributed by atoms with Crippen molar-refractivity contribution in [2.45, 2.75) is 13.5 Å². The number of carbonyl (C=O) groups is 1. The monoisotopic (exact) mass is 300 g/mol. The van der Waals surface area contributed by atoms with Crippen LogP contribution in [0, 0.1) is 6.92 Å². The Bertz CT molecular complexity index is 627. The first-order valence-corrected chi connectivity index (χ1v) is 6.08. The van der Waals surface area contributed by atoms with E-state index in [0.29, 0.717) is 16.4 Å². The van der Waals surface area contributed by atoms with E-state index in [1.54, 1.807) is 13.0 Å². The number of tetrazole rings is 1. The van der Waals surface area contributed by atoms with E-state index in [2.05, 4.69) is 20.3 Å². The van der Waals surface area contributed by atoms with Crippen LogP contribution in [0.3, 0.4) is 0 Å². The minimum atomic E-state index is -0.517. The van der Waals surface area contributed by atoms with Gasteiger partial charge >= 0.3 is 5.97 Å². The molecule has 8 heteroatoms. The Morgan fingerprint density at radius 3 is 2.74 bits per heavy atom. The molecule has 0 N–H and O–H groups in total. The zero-order valence-corrected chi connectivity index (χ0v) is 11.7. The van der Waals surface area contributed by atoms with Crippen LogP contribution in [0.1, 0.15) is 21.7 Å². The molecule has 1 aromatic heterocycles. The van der Waals surface area contributed by atoms with Crippen LogP contribution < -0.4 is 0 Å². The minimum absolute atomic E-state index is 0.245. The highest BCUT2D eigenvalue weighted by Gasteiger charge is 2.17. The second-order valence-corrected chi connectivity index (χ2v) is 4.55. The van der Waals surface area contributed by atoms with Crippen LogP contribution in [0.5, 0.6) is 0 Å². The van der Waals surface area contributed by atoms with Crippen molar-refractivity contribution >= 4 is 29.2 Å². The van der Waals surface area contributed by atoms with Crippen molar-refractivity contribution < 1.29 is 9.53 Å². The summed E-state index contributed by atoms with van der Waals surface area (Å²) in [7, 11) is 1.29. The molecule has 2 rings (SSSR count). The van der Waals surface area contributed by atoms with Gasteiger partial charge in [-0.15, -0.1) is 5.10 Å². The highest BCUT2D eigenvalue weighted by Crippen LogP contribution is 2.29. The molecule has 0 saturated carbocycles. The zero-order chi connectivity index (χ0) is 14.0. The highest BCUT2D eigenvalue weighted by atomic mass is 35.5. The smallest absolute Gasteiger partial charge is 0.339 e. The lowest BCUT2D eigenvalue weighted by Crippen LogP contribution is -2.09. The summed E-state index contributed by atoms with van der Waals surface area (Å²) < 4.78 is 6.19. The summed E-state index contributed by atoms with van der Waals surface area (Å²) >= 11 is 12.3. The lowest BCUT2D eigenvalue weighted by Gasteiger charge is -2.10. The molecule has 1 aromatic carbocycles. The van der Waals surface area contributed by atoms with Crippen LogP contribution in [0.4, 0.5) is 0 Å². The topological polar surface area (TPSA) is 69.9 Å². The third-order valence-corrected chi connectivity index (χ3v) is 3.40. The maximum Gasteiger partial charge on any atom is 0.339 e. The Kier molecular flexibility index (Phi) is 4.01. The summed E-state index contributed by atoms with van der Waals surface area (Å²) in [6.07, 6.45) is 0. The molecule has 0 spiro atoms. The van der Waals surface area contributed by atoms with Gasteiger partial charge in [0.05, 0.1) is 24.2 Å². The van der Waals surface area contributed by atoms with E-state index in [-0.39, 0.29) is 17.1 Å². The summed E-state index contributed by atoms with van der Waals surface area (Å²) in [6, 6.07) is 3.11. The van der Waals surface area contributed by atoms with Crippen LogP contribution in [0.2, 0.25) is 10.0 Å². The van der Waals surface area contributed by atoms with Crippen molar-refractivity contribution in [3.8, 4) is 0 Å². The van der Waals surface area contributed by atoms with Crippen molar-refractivity contribution in [3.63, 3.8) is 0 Å². The predicted molar refractivity (Wildman–Crippen MR) is 69.5 cm³/mol. The van der Waals surface area contributed by atoms with Gasteiger partial charge in [0.2, 0.25) is 0 Å². The van der Waals surface area contributed by atoms with Gasteiger partial charge in [0, 0.05) is 10.6 Å². The highest BCUT2D eigenvalue weighted by molar-refractivity contribution is 6.37. The van der Waals surface area contributed by atoms with Gasteiger partial charge in [0.1, 0.15) is 5.82 Å². The van der Waals surface area contributed by atoms with Gasteiger partial charge in [-0.25, -0.2) is 9.48 Å². The third kappa shape index (κ3) is 2.69. The number of hydrogen-bond donors (Lipinski definition) is 0. The van der Waals surface area contributed by atoms with Crippen LogP contribution in [0.15, 0.2) is 12.1 Å². The molecule has 0 fully saturated rings. The lowest BCUT2D eigenvalue weighted by atomic mass is 10.1. The third-order valence-electron chi connectivity index (χ3n) is 2.61. The average molecular weight is 301 g/mol. The number of methoxy groups -OCH3 is 1. The number of nitrogens with zero attached hydrogens (tertiary/aromatic N) is 4. The predicted octanol–water partition coefficient (Wildman–Crippen LogP) is 2.12. The average Bonchev–Trinajstić information content (AvgIpc) is 2.79. The number of halogens is 2. The van der Waals surface area contributed by atoms with Gasteiger partial charge in [-0.1, -0.05) is 23.2 Å². The Labute approximate surface area is 119 Å². The molecule has 0 aliphatic carbocycles. The van der Waals surface area contributed by atoms with Crippen molar-refractivity contribution in [3.05, 3.63) is 39.1 Å². The summed E-state index contributed by atoms with van der Waals surface area (Å²) in [5.41, 5.74) is 0.830. The van der Waals surface area contributed by atoms with E-state index >= 15 is 0 Å². The number of esters is 1. The van der Waals surface area contributed by atoms with Crippen molar-refractivity contribution in [1.82, 2.24) is 20.2 Å². The Morgan fingerprint density at radius 2 is 2.16 bits per heavy atom. The standard InChI is InChI=1S/C11H10Cl2N4O2/c1-6-14-15-16-17(6)5-8-9(12)4-3-7(10(8)13)11(18)19-2/h3-4H,5H2,1-2H3. The van der Waals surface area contributed by atoms with Crippen LogP contribution in [-0.4, -0.2) is 33.3 Å². The molecule has 0 aliphatic rings. The maximum absolute atomic E-state index is 11.6. The van der Waals surface area contributed by atoms with Gasteiger partial charge in [0.25, 0.3) is 0 Å². The molecule has 0 radical (unpaired) electrons. The molecule has 0 amide bonds. The number of carbonyl (C=O) groups excluding carboxylic acids is 1. The molecular formula is C11H10Cl2N4O2. The SMILES string of the molecule is COC(=O)c1ccc(Cl)c(Cn2nnnc2C)c1Cl. The second-order valence-electron chi connectivity index (χ2n) is 3.76. The van der Waals surface area contributed by atoms with Gasteiger partial charge in [-0.2, -0.15) is 0 Å². The van der Waals surface area contributed by atoms with Crippen molar-refractivity contribution in [2.24, 2.45) is 0 Å². The first-order valence-electron chi connectivity index (χ1n) is 5.32. The lowest BCUT2D eigenvalue weighted by molar-refractivity contribution is 0.0601. The van der Waals surface area contributed by atoms with E-state index in [0.717, 1.165) is 0 Å². The fraction of sp³-hybridized carbons (Fsp3) is 0.273. The zero-order valence-electron chi connectivity index (χ0n) is 10.2. The van der Waals surface area contributed by atoms with Crippen LogP contribution >= 0.6 is 23.2 Å². The molecule has 0 atom stereocenters. The summed E-state index contributed by atoms with van der Waals surface area (Å²) in [4.78, 5) is 11.6. The van der Waals surface area contributed by atoms with Gasteiger partial charge in [0.15, 0.2) is 0 Å². The van der Waals surface area contributed by atoms with E-state index in [1.807, 2.05) is 0 Å². The molecule has 6 nitrogen and oxygen atoms in total. The Balaban J connectivity index is 2.45. The maximum atomic E-state index is 11.6. The molecule has 1 heterocycles. The first kappa shape index (κ1) is 13.8. The van der Waals surface area contributed by atoms with Crippen molar-refractivity contribution in [2.75, 3.05) is 7.11 Å². The number of hydrogen-bond acceptors (Lipinski definition) is 5. The quantitative estimate of drug-likeness (QED) is 0.812. The second kappa shape index (κ2) is 5.54. The van der Waals surface area contributed by atoms with Gasteiger partial charge in [-0.3, -0.25) is 0 Å². The fourth-order valence-corrected chi connectivity index (χ4v) is 2.12. The molecule has 19 heavy (non-hydrogen) atoms.